The molecule has 0 bridgehead atoms. The van der Waals surface area contributed by atoms with Gasteiger partial charge in [-0.25, -0.2) is 4.79 Å². The molecule has 1 heterocycles. The van der Waals surface area contributed by atoms with Crippen molar-refractivity contribution >= 4 is 28.5 Å². The highest BCUT2D eigenvalue weighted by molar-refractivity contribution is 6.06. The number of carbonyl (C=O) groups excluding carboxylic acids is 2. The number of fused-ring (bicyclic) bond motifs is 2. The fraction of sp³-hybridized carbons (Fsp3) is 0.320. The summed E-state index contributed by atoms with van der Waals surface area (Å²) in [6.07, 6.45) is 6.13. The highest BCUT2D eigenvalue weighted by atomic mass is 16.5. The Labute approximate surface area is 176 Å². The molecule has 1 amide bonds. The SMILES string of the molecule is Cc1cccc(NC(=O)COC(=O)c2c3c(nc4ccccc24)CCCCCC3)c1. The number of benzene rings is 2. The highest BCUT2D eigenvalue weighted by Gasteiger charge is 2.23. The summed E-state index contributed by atoms with van der Waals surface area (Å²) in [5.74, 6) is -0.806. The van der Waals surface area contributed by atoms with Crippen LogP contribution in [0.15, 0.2) is 48.5 Å². The summed E-state index contributed by atoms with van der Waals surface area (Å²) in [7, 11) is 0. The van der Waals surface area contributed by atoms with Crippen LogP contribution in [0.5, 0.6) is 0 Å². The van der Waals surface area contributed by atoms with E-state index in [-0.39, 0.29) is 12.5 Å². The first-order valence-electron chi connectivity index (χ1n) is 10.6. The van der Waals surface area contributed by atoms with E-state index < -0.39 is 5.97 Å². The van der Waals surface area contributed by atoms with Gasteiger partial charge in [-0.3, -0.25) is 9.78 Å². The van der Waals surface area contributed by atoms with Gasteiger partial charge in [-0.2, -0.15) is 0 Å². The molecule has 1 aliphatic rings. The maximum absolute atomic E-state index is 13.1. The minimum atomic E-state index is -0.454. The van der Waals surface area contributed by atoms with Crippen molar-refractivity contribution < 1.29 is 14.3 Å². The first-order valence-corrected chi connectivity index (χ1v) is 10.6. The third-order valence-electron chi connectivity index (χ3n) is 5.51. The van der Waals surface area contributed by atoms with E-state index in [2.05, 4.69) is 5.32 Å². The predicted molar refractivity (Wildman–Crippen MR) is 118 cm³/mol. The van der Waals surface area contributed by atoms with Crippen molar-refractivity contribution in [1.82, 2.24) is 4.98 Å². The van der Waals surface area contributed by atoms with Crippen LogP contribution in [0.2, 0.25) is 0 Å². The average Bonchev–Trinajstić information content (AvgIpc) is 2.72. The Bertz CT molecular complexity index is 1090. The smallest absolute Gasteiger partial charge is 0.339 e. The fourth-order valence-electron chi connectivity index (χ4n) is 4.08. The van der Waals surface area contributed by atoms with Crippen LogP contribution in [0.1, 0.15) is 52.9 Å². The molecule has 0 radical (unpaired) electrons. The van der Waals surface area contributed by atoms with Crippen LogP contribution in [-0.4, -0.2) is 23.5 Å². The third kappa shape index (κ3) is 4.51. The lowest BCUT2D eigenvalue weighted by Crippen LogP contribution is -2.22. The number of amides is 1. The molecule has 0 atom stereocenters. The number of pyridine rings is 1. The quantitative estimate of drug-likeness (QED) is 0.624. The van der Waals surface area contributed by atoms with Gasteiger partial charge >= 0.3 is 5.97 Å². The van der Waals surface area contributed by atoms with Crippen molar-refractivity contribution in [3.63, 3.8) is 0 Å². The predicted octanol–water partition coefficient (Wildman–Crippen LogP) is 5.00. The van der Waals surface area contributed by atoms with Gasteiger partial charge in [0, 0.05) is 16.8 Å². The zero-order valence-electron chi connectivity index (χ0n) is 17.2. The van der Waals surface area contributed by atoms with Crippen LogP contribution < -0.4 is 5.32 Å². The number of ether oxygens (including phenoxy) is 1. The van der Waals surface area contributed by atoms with Crippen LogP contribution in [0.3, 0.4) is 0 Å². The van der Waals surface area contributed by atoms with Crippen molar-refractivity contribution in [2.45, 2.75) is 45.4 Å². The minimum Gasteiger partial charge on any atom is -0.452 e. The summed E-state index contributed by atoms with van der Waals surface area (Å²) < 4.78 is 5.46. The number of esters is 1. The van der Waals surface area contributed by atoms with Crippen LogP contribution >= 0.6 is 0 Å². The van der Waals surface area contributed by atoms with Gasteiger partial charge in [-0.1, -0.05) is 43.2 Å². The van der Waals surface area contributed by atoms with Gasteiger partial charge in [0.15, 0.2) is 6.61 Å². The summed E-state index contributed by atoms with van der Waals surface area (Å²) in [5, 5.41) is 3.57. The van der Waals surface area contributed by atoms with Gasteiger partial charge < -0.3 is 10.1 Å². The summed E-state index contributed by atoms with van der Waals surface area (Å²) >= 11 is 0. The van der Waals surface area contributed by atoms with Crippen molar-refractivity contribution in [2.24, 2.45) is 0 Å². The van der Waals surface area contributed by atoms with Crippen LogP contribution in [-0.2, 0) is 22.4 Å². The third-order valence-corrected chi connectivity index (χ3v) is 5.51. The van der Waals surface area contributed by atoms with E-state index in [1.54, 1.807) is 0 Å². The number of nitrogens with zero attached hydrogens (tertiary/aromatic N) is 1. The molecule has 0 saturated heterocycles. The molecule has 0 spiro atoms. The maximum Gasteiger partial charge on any atom is 0.339 e. The topological polar surface area (TPSA) is 68.3 Å². The first kappa shape index (κ1) is 20.1. The van der Waals surface area contributed by atoms with Gasteiger partial charge in [0.1, 0.15) is 0 Å². The van der Waals surface area contributed by atoms with E-state index in [0.29, 0.717) is 11.3 Å². The molecule has 3 aromatic rings. The molecule has 30 heavy (non-hydrogen) atoms. The van der Waals surface area contributed by atoms with Gasteiger partial charge in [0.2, 0.25) is 0 Å². The molecule has 0 unspecified atom stereocenters. The Morgan fingerprint density at radius 2 is 1.80 bits per heavy atom. The second-order valence-corrected chi connectivity index (χ2v) is 7.84. The van der Waals surface area contributed by atoms with Crippen LogP contribution in [0.25, 0.3) is 10.9 Å². The monoisotopic (exact) mass is 402 g/mol. The Hall–Kier alpha value is -3.21. The Kier molecular flexibility index (Phi) is 6.07. The lowest BCUT2D eigenvalue weighted by atomic mass is 9.91. The molecular weight excluding hydrogens is 376 g/mol. The van der Waals surface area contributed by atoms with E-state index in [4.69, 9.17) is 9.72 Å². The Morgan fingerprint density at radius 1 is 1.00 bits per heavy atom. The largest absolute Gasteiger partial charge is 0.452 e. The van der Waals surface area contributed by atoms with Crippen molar-refractivity contribution in [3.8, 4) is 0 Å². The second-order valence-electron chi connectivity index (χ2n) is 7.84. The van der Waals surface area contributed by atoms with Gasteiger partial charge in [-0.15, -0.1) is 0 Å². The van der Waals surface area contributed by atoms with E-state index in [1.165, 1.54) is 6.42 Å². The Morgan fingerprint density at radius 3 is 2.63 bits per heavy atom. The molecule has 1 aliphatic carbocycles. The van der Waals surface area contributed by atoms with Crippen molar-refractivity contribution in [2.75, 3.05) is 11.9 Å². The van der Waals surface area contributed by atoms with E-state index in [9.17, 15) is 9.59 Å². The molecule has 0 fully saturated rings. The zero-order chi connectivity index (χ0) is 20.9. The van der Waals surface area contributed by atoms with Crippen LogP contribution in [0, 0.1) is 6.92 Å². The summed E-state index contributed by atoms with van der Waals surface area (Å²) in [4.78, 5) is 30.3. The zero-order valence-corrected chi connectivity index (χ0v) is 17.2. The molecule has 154 valence electrons. The number of rotatable bonds is 4. The lowest BCUT2D eigenvalue weighted by Gasteiger charge is -2.18. The lowest BCUT2D eigenvalue weighted by molar-refractivity contribution is -0.119. The minimum absolute atomic E-state index is 0.321. The first-order chi connectivity index (χ1) is 14.6. The summed E-state index contributed by atoms with van der Waals surface area (Å²) in [6.45, 7) is 1.64. The number of aryl methyl sites for hydroxylation is 2. The molecule has 0 saturated carbocycles. The number of hydrogen-bond donors (Lipinski definition) is 1. The second kappa shape index (κ2) is 9.08. The van der Waals surface area contributed by atoms with Crippen LogP contribution in [0.4, 0.5) is 5.69 Å². The van der Waals surface area contributed by atoms with Gasteiger partial charge in [0.05, 0.1) is 11.1 Å². The molecular formula is C25H26N2O3. The average molecular weight is 402 g/mol. The van der Waals surface area contributed by atoms with Gasteiger partial charge in [0.25, 0.3) is 5.91 Å². The molecule has 5 heteroatoms. The van der Waals surface area contributed by atoms with Gasteiger partial charge in [-0.05, 0) is 61.9 Å². The number of aromatic nitrogens is 1. The van der Waals surface area contributed by atoms with E-state index in [1.807, 2.05) is 55.5 Å². The summed E-state index contributed by atoms with van der Waals surface area (Å²) in [6, 6.07) is 15.2. The number of anilines is 1. The molecule has 1 aromatic heterocycles. The number of hydrogen-bond acceptors (Lipinski definition) is 4. The molecule has 1 N–H and O–H groups in total. The molecule has 4 rings (SSSR count). The standard InChI is InChI=1S/C25H26N2O3/c1-17-9-8-10-18(15-17)26-23(28)16-30-25(29)24-19-11-4-2-3-5-13-21(19)27-22-14-7-6-12-20(22)24/h6-10,12,14-15H,2-5,11,13,16H2,1H3,(H,26,28). The van der Waals surface area contributed by atoms with Crippen molar-refractivity contribution in [3.05, 3.63) is 70.9 Å². The number of nitrogens with one attached hydrogen (secondary N) is 1. The van der Waals surface area contributed by atoms with E-state index in [0.717, 1.165) is 59.8 Å². The maximum atomic E-state index is 13.1. The summed E-state index contributed by atoms with van der Waals surface area (Å²) in [5.41, 5.74) is 5.08. The number of carbonyl (C=O) groups is 2. The fourth-order valence-corrected chi connectivity index (χ4v) is 4.08. The molecule has 2 aromatic carbocycles. The normalized spacial score (nSPS) is 13.8. The molecule has 5 nitrogen and oxygen atoms in total. The number of para-hydroxylation sites is 1. The molecule has 0 aliphatic heterocycles. The van der Waals surface area contributed by atoms with E-state index >= 15 is 0 Å². The van der Waals surface area contributed by atoms with Crippen molar-refractivity contribution in [1.29, 1.82) is 0 Å². The highest BCUT2D eigenvalue weighted by Crippen LogP contribution is 2.29. The Balaban J connectivity index is 1.57.